The van der Waals surface area contributed by atoms with Crippen LogP contribution in [0.2, 0.25) is 0 Å². The topological polar surface area (TPSA) is 20.2 Å². The second kappa shape index (κ2) is 4.85. The molecule has 0 fully saturated rings. The maximum absolute atomic E-state index is 13.1. The quantitative estimate of drug-likeness (QED) is 0.864. The number of hydrogen-bond donors (Lipinski definition) is 1. The molecule has 1 N–H and O–H groups in total. The van der Waals surface area contributed by atoms with Crippen molar-refractivity contribution in [1.82, 2.24) is 0 Å². The lowest BCUT2D eigenvalue weighted by molar-refractivity contribution is -0.227. The molecule has 2 unspecified atom stereocenters. The van der Waals surface area contributed by atoms with E-state index in [4.69, 9.17) is 0 Å². The van der Waals surface area contributed by atoms with Crippen LogP contribution in [0.3, 0.4) is 0 Å². The minimum Gasteiger partial charge on any atom is -0.395 e. The van der Waals surface area contributed by atoms with Gasteiger partial charge in [-0.2, -0.15) is 13.2 Å². The Morgan fingerprint density at radius 3 is 2.32 bits per heavy atom. The van der Waals surface area contributed by atoms with Crippen molar-refractivity contribution in [3.63, 3.8) is 0 Å². The Labute approximate surface area is 110 Å². The van der Waals surface area contributed by atoms with Gasteiger partial charge in [-0.3, -0.25) is 0 Å². The van der Waals surface area contributed by atoms with E-state index in [0.29, 0.717) is 0 Å². The van der Waals surface area contributed by atoms with E-state index in [1.54, 1.807) is 6.08 Å². The molecule has 2 rings (SSSR count). The summed E-state index contributed by atoms with van der Waals surface area (Å²) in [6, 6.07) is 9.23. The molecule has 19 heavy (non-hydrogen) atoms. The van der Waals surface area contributed by atoms with E-state index >= 15 is 0 Å². The maximum atomic E-state index is 13.1. The number of benzene rings is 1. The first-order chi connectivity index (χ1) is 8.90. The molecule has 2 atom stereocenters. The summed E-state index contributed by atoms with van der Waals surface area (Å²) in [5.41, 5.74) is -0.550. The highest BCUT2D eigenvalue weighted by atomic mass is 19.4. The fraction of sp³-hybridized carbons (Fsp3) is 0.333. The Morgan fingerprint density at radius 1 is 1.21 bits per heavy atom. The van der Waals surface area contributed by atoms with Gasteiger partial charge in [0, 0.05) is 0 Å². The molecule has 102 valence electrons. The Hall–Kier alpha value is -1.55. The predicted molar refractivity (Wildman–Crippen MR) is 68.3 cm³/mol. The number of aliphatic hydroxyl groups is 1. The van der Waals surface area contributed by atoms with Gasteiger partial charge in [0.05, 0.1) is 6.61 Å². The van der Waals surface area contributed by atoms with E-state index < -0.39 is 24.1 Å². The van der Waals surface area contributed by atoms with Gasteiger partial charge in [0.2, 0.25) is 0 Å². The zero-order chi connectivity index (χ0) is 14.1. The van der Waals surface area contributed by atoms with Gasteiger partial charge in [-0.05, 0) is 17.1 Å². The van der Waals surface area contributed by atoms with Crippen LogP contribution in [0.15, 0.2) is 48.6 Å². The van der Waals surface area contributed by atoms with Crippen LogP contribution in [-0.4, -0.2) is 17.9 Å². The molecular weight excluding hydrogens is 253 g/mol. The van der Waals surface area contributed by atoms with Gasteiger partial charge in [-0.15, -0.1) is 0 Å². The van der Waals surface area contributed by atoms with E-state index in [-0.39, 0.29) is 0 Å². The molecule has 4 heteroatoms. The molecule has 0 aromatic heterocycles. The van der Waals surface area contributed by atoms with E-state index in [0.717, 1.165) is 17.2 Å². The molecule has 0 radical (unpaired) electrons. The summed E-state index contributed by atoms with van der Waals surface area (Å²) in [5.74, 6) is -0.808. The highest BCUT2D eigenvalue weighted by Gasteiger charge is 2.56. The molecule has 0 aliphatic heterocycles. The number of rotatable bonds is 2. The van der Waals surface area contributed by atoms with Crippen molar-refractivity contribution in [2.24, 2.45) is 11.3 Å². The summed E-state index contributed by atoms with van der Waals surface area (Å²) in [4.78, 5) is 0. The molecule has 0 bridgehead atoms. The molecule has 0 saturated carbocycles. The van der Waals surface area contributed by atoms with Crippen molar-refractivity contribution in [3.8, 4) is 0 Å². The molecule has 0 amide bonds. The monoisotopic (exact) mass is 268 g/mol. The molecule has 1 aromatic rings. The Morgan fingerprint density at radius 2 is 1.84 bits per heavy atom. The first-order valence-corrected chi connectivity index (χ1v) is 6.05. The summed E-state index contributed by atoms with van der Waals surface area (Å²) in [6.07, 6.45) is -0.367. The SMILES string of the molecule is CC1C=C(c2ccccc2)C=CC1(CO)C(F)(F)F. The van der Waals surface area contributed by atoms with Crippen molar-refractivity contribution < 1.29 is 18.3 Å². The molecule has 1 nitrogen and oxygen atoms in total. The standard InChI is InChI=1S/C15H15F3O/c1-11-9-13(12-5-3-2-4-6-12)7-8-14(11,10-19)15(16,17)18/h2-9,11,19H,10H2,1H3. The summed E-state index contributed by atoms with van der Waals surface area (Å²) in [5, 5.41) is 9.20. The number of allylic oxidation sites excluding steroid dienone is 3. The van der Waals surface area contributed by atoms with Crippen LogP contribution < -0.4 is 0 Å². The normalized spacial score (nSPS) is 27.2. The lowest BCUT2D eigenvalue weighted by Gasteiger charge is -2.37. The lowest BCUT2D eigenvalue weighted by atomic mass is 9.71. The van der Waals surface area contributed by atoms with Crippen LogP contribution >= 0.6 is 0 Å². The average Bonchev–Trinajstić information content (AvgIpc) is 2.38. The number of halogens is 3. The van der Waals surface area contributed by atoms with Crippen LogP contribution in [0.1, 0.15) is 12.5 Å². The van der Waals surface area contributed by atoms with E-state index in [9.17, 15) is 18.3 Å². The van der Waals surface area contributed by atoms with Crippen LogP contribution in [0, 0.1) is 11.3 Å². The number of aliphatic hydroxyl groups excluding tert-OH is 1. The Bertz CT molecular complexity index is 502. The largest absolute Gasteiger partial charge is 0.400 e. The minimum absolute atomic E-state index is 0.751. The van der Waals surface area contributed by atoms with Crippen LogP contribution in [-0.2, 0) is 0 Å². The molecular formula is C15H15F3O. The molecule has 1 aliphatic carbocycles. The van der Waals surface area contributed by atoms with E-state index in [2.05, 4.69) is 0 Å². The summed E-state index contributed by atoms with van der Waals surface area (Å²) < 4.78 is 39.4. The molecule has 0 saturated heterocycles. The van der Waals surface area contributed by atoms with Gasteiger partial charge >= 0.3 is 6.18 Å². The summed E-state index contributed by atoms with van der Waals surface area (Å²) in [7, 11) is 0. The first kappa shape index (κ1) is 13.9. The van der Waals surface area contributed by atoms with E-state index in [1.807, 2.05) is 30.3 Å². The van der Waals surface area contributed by atoms with Gasteiger partial charge in [-0.1, -0.05) is 55.5 Å². The fourth-order valence-electron chi connectivity index (χ4n) is 2.33. The van der Waals surface area contributed by atoms with Crippen molar-refractivity contribution in [2.75, 3.05) is 6.61 Å². The highest BCUT2D eigenvalue weighted by Crippen LogP contribution is 2.48. The molecule has 0 spiro atoms. The predicted octanol–water partition coefficient (Wildman–Crippen LogP) is 3.82. The smallest absolute Gasteiger partial charge is 0.395 e. The van der Waals surface area contributed by atoms with Crippen molar-refractivity contribution >= 4 is 5.57 Å². The van der Waals surface area contributed by atoms with Gasteiger partial charge in [0.25, 0.3) is 0 Å². The highest BCUT2D eigenvalue weighted by molar-refractivity contribution is 5.75. The molecule has 0 heterocycles. The lowest BCUT2D eigenvalue weighted by Crippen LogP contribution is -2.45. The molecule has 1 aromatic carbocycles. The third-order valence-corrected chi connectivity index (χ3v) is 3.70. The first-order valence-electron chi connectivity index (χ1n) is 6.05. The van der Waals surface area contributed by atoms with Crippen LogP contribution in [0.4, 0.5) is 13.2 Å². The number of alkyl halides is 3. The van der Waals surface area contributed by atoms with Gasteiger partial charge < -0.3 is 5.11 Å². The fourth-order valence-corrected chi connectivity index (χ4v) is 2.33. The Balaban J connectivity index is 2.37. The number of hydrogen-bond acceptors (Lipinski definition) is 1. The van der Waals surface area contributed by atoms with Crippen molar-refractivity contribution in [1.29, 1.82) is 0 Å². The zero-order valence-electron chi connectivity index (χ0n) is 10.5. The summed E-state index contributed by atoms with van der Waals surface area (Å²) >= 11 is 0. The van der Waals surface area contributed by atoms with Crippen molar-refractivity contribution in [3.05, 3.63) is 54.1 Å². The third-order valence-electron chi connectivity index (χ3n) is 3.70. The summed E-state index contributed by atoms with van der Waals surface area (Å²) in [6.45, 7) is 0.545. The van der Waals surface area contributed by atoms with Crippen molar-refractivity contribution in [2.45, 2.75) is 13.1 Å². The van der Waals surface area contributed by atoms with Gasteiger partial charge in [0.15, 0.2) is 0 Å². The Kier molecular flexibility index (Phi) is 3.54. The van der Waals surface area contributed by atoms with Gasteiger partial charge in [-0.25, -0.2) is 0 Å². The van der Waals surface area contributed by atoms with E-state index in [1.165, 1.54) is 13.0 Å². The second-order valence-corrected chi connectivity index (χ2v) is 4.81. The average molecular weight is 268 g/mol. The maximum Gasteiger partial charge on any atom is 0.400 e. The third kappa shape index (κ3) is 2.32. The van der Waals surface area contributed by atoms with Crippen LogP contribution in [0.5, 0.6) is 0 Å². The van der Waals surface area contributed by atoms with Crippen LogP contribution in [0.25, 0.3) is 5.57 Å². The zero-order valence-corrected chi connectivity index (χ0v) is 10.5. The molecule has 1 aliphatic rings. The minimum atomic E-state index is -4.46. The second-order valence-electron chi connectivity index (χ2n) is 4.81. The van der Waals surface area contributed by atoms with Gasteiger partial charge in [0.1, 0.15) is 5.41 Å².